The van der Waals surface area contributed by atoms with Crippen LogP contribution in [0.3, 0.4) is 0 Å². The fourth-order valence-corrected chi connectivity index (χ4v) is 2.44. The van der Waals surface area contributed by atoms with Gasteiger partial charge >= 0.3 is 5.69 Å². The minimum atomic E-state index is -3.90. The third-order valence-corrected chi connectivity index (χ3v) is 3.74. The summed E-state index contributed by atoms with van der Waals surface area (Å²) < 4.78 is 25.9. The smallest absolute Gasteiger partial charge is 0.314 e. The Labute approximate surface area is 110 Å². The Morgan fingerprint density at radius 2 is 1.95 bits per heavy atom. The van der Waals surface area contributed by atoms with E-state index in [0.717, 1.165) is 6.20 Å². The van der Waals surface area contributed by atoms with Gasteiger partial charge in [-0.1, -0.05) is 13.8 Å². The van der Waals surface area contributed by atoms with Crippen molar-refractivity contribution in [2.75, 3.05) is 13.1 Å². The highest BCUT2D eigenvalue weighted by Gasteiger charge is 2.17. The van der Waals surface area contributed by atoms with Crippen LogP contribution in [0, 0.1) is 0 Å². The molecule has 0 aromatic carbocycles. The van der Waals surface area contributed by atoms with Crippen molar-refractivity contribution in [2.24, 2.45) is 0 Å². The molecule has 0 bridgehead atoms. The maximum atomic E-state index is 11.8. The van der Waals surface area contributed by atoms with Crippen molar-refractivity contribution in [1.82, 2.24) is 20.0 Å². The van der Waals surface area contributed by atoms with Crippen LogP contribution in [0.15, 0.2) is 20.7 Å². The number of sulfonamides is 1. The van der Waals surface area contributed by atoms with E-state index in [-0.39, 0.29) is 6.54 Å². The molecule has 0 aliphatic rings. The van der Waals surface area contributed by atoms with E-state index in [4.69, 9.17) is 0 Å². The summed E-state index contributed by atoms with van der Waals surface area (Å²) >= 11 is 0. The monoisotopic (exact) mass is 290 g/mol. The molecule has 0 spiro atoms. The number of aromatic nitrogens is 2. The molecule has 0 aliphatic carbocycles. The van der Waals surface area contributed by atoms with Gasteiger partial charge in [0.05, 0.1) is 0 Å². The largest absolute Gasteiger partial charge is 0.325 e. The zero-order valence-corrected chi connectivity index (χ0v) is 11.6. The molecular formula is C10H18N4O4S. The number of hydrogen-bond acceptors (Lipinski definition) is 5. The summed E-state index contributed by atoms with van der Waals surface area (Å²) in [5.41, 5.74) is -1.68. The number of nitrogens with one attached hydrogen (secondary N) is 4. The molecule has 1 heterocycles. The van der Waals surface area contributed by atoms with E-state index >= 15 is 0 Å². The van der Waals surface area contributed by atoms with E-state index in [0.29, 0.717) is 19.0 Å². The standard InChI is InChI=1S/C10H18N4O4S/c1-7(2)11-4-3-5-13-19(17,18)8-6-12-10(16)14-9(8)15/h6-7,11,13H,3-5H2,1-2H3,(H2,12,14,15,16). The van der Waals surface area contributed by atoms with Crippen LogP contribution in [-0.4, -0.2) is 37.5 Å². The van der Waals surface area contributed by atoms with E-state index in [1.54, 1.807) is 0 Å². The molecule has 1 aromatic heterocycles. The lowest BCUT2D eigenvalue weighted by Gasteiger charge is -2.08. The van der Waals surface area contributed by atoms with Gasteiger partial charge in [0, 0.05) is 18.8 Å². The molecule has 0 atom stereocenters. The highest BCUT2D eigenvalue weighted by molar-refractivity contribution is 7.89. The van der Waals surface area contributed by atoms with Crippen LogP contribution in [0.5, 0.6) is 0 Å². The Balaban J connectivity index is 2.61. The number of hydrogen-bond donors (Lipinski definition) is 4. The van der Waals surface area contributed by atoms with Crippen molar-refractivity contribution in [2.45, 2.75) is 31.2 Å². The number of aromatic amines is 2. The van der Waals surface area contributed by atoms with Gasteiger partial charge in [-0.15, -0.1) is 0 Å². The molecular weight excluding hydrogens is 272 g/mol. The van der Waals surface area contributed by atoms with Crippen LogP contribution in [0.1, 0.15) is 20.3 Å². The molecule has 1 rings (SSSR count). The van der Waals surface area contributed by atoms with Gasteiger partial charge < -0.3 is 10.3 Å². The van der Waals surface area contributed by atoms with E-state index in [1.807, 2.05) is 18.8 Å². The van der Waals surface area contributed by atoms with Crippen LogP contribution in [-0.2, 0) is 10.0 Å². The average Bonchev–Trinajstić information content (AvgIpc) is 2.27. The van der Waals surface area contributed by atoms with Crippen molar-refractivity contribution in [1.29, 1.82) is 0 Å². The molecule has 0 saturated carbocycles. The van der Waals surface area contributed by atoms with Gasteiger partial charge in [0.25, 0.3) is 5.56 Å². The van der Waals surface area contributed by atoms with Crippen molar-refractivity contribution in [3.63, 3.8) is 0 Å². The van der Waals surface area contributed by atoms with Crippen LogP contribution >= 0.6 is 0 Å². The van der Waals surface area contributed by atoms with Crippen LogP contribution in [0.25, 0.3) is 0 Å². The highest BCUT2D eigenvalue weighted by Crippen LogP contribution is 1.97. The summed E-state index contributed by atoms with van der Waals surface area (Å²) in [6.45, 7) is 4.86. The first-order chi connectivity index (χ1) is 8.83. The van der Waals surface area contributed by atoms with Crippen molar-refractivity contribution in [3.05, 3.63) is 27.0 Å². The fraction of sp³-hybridized carbons (Fsp3) is 0.600. The first-order valence-electron chi connectivity index (χ1n) is 5.88. The molecule has 108 valence electrons. The van der Waals surface area contributed by atoms with Crippen molar-refractivity contribution < 1.29 is 8.42 Å². The summed E-state index contributed by atoms with van der Waals surface area (Å²) in [4.78, 5) is 25.6. The van der Waals surface area contributed by atoms with Crippen molar-refractivity contribution in [3.8, 4) is 0 Å². The SMILES string of the molecule is CC(C)NCCCNS(=O)(=O)c1c[nH]c(=O)[nH]c1=O. The van der Waals surface area contributed by atoms with Crippen LogP contribution in [0.2, 0.25) is 0 Å². The first-order valence-corrected chi connectivity index (χ1v) is 7.36. The number of rotatable bonds is 7. The fourth-order valence-electron chi connectivity index (χ4n) is 1.36. The summed E-state index contributed by atoms with van der Waals surface area (Å²) in [5.74, 6) is 0. The third kappa shape index (κ3) is 4.97. The van der Waals surface area contributed by atoms with E-state index in [1.165, 1.54) is 0 Å². The van der Waals surface area contributed by atoms with E-state index in [2.05, 4.69) is 15.0 Å². The van der Waals surface area contributed by atoms with Gasteiger partial charge in [-0.05, 0) is 13.0 Å². The lowest BCUT2D eigenvalue weighted by Crippen LogP contribution is -2.34. The molecule has 0 radical (unpaired) electrons. The second-order valence-corrected chi connectivity index (χ2v) is 6.03. The van der Waals surface area contributed by atoms with Gasteiger partial charge in [-0.25, -0.2) is 17.9 Å². The normalized spacial score (nSPS) is 11.9. The van der Waals surface area contributed by atoms with E-state index < -0.39 is 26.2 Å². The molecule has 0 fully saturated rings. The average molecular weight is 290 g/mol. The Hall–Kier alpha value is -1.45. The Morgan fingerprint density at radius 1 is 1.26 bits per heavy atom. The molecule has 19 heavy (non-hydrogen) atoms. The second-order valence-electron chi connectivity index (χ2n) is 4.30. The molecule has 0 aliphatic heterocycles. The van der Waals surface area contributed by atoms with E-state index in [9.17, 15) is 18.0 Å². The van der Waals surface area contributed by atoms with Gasteiger partial charge in [0.15, 0.2) is 4.90 Å². The zero-order chi connectivity index (χ0) is 14.5. The molecule has 0 amide bonds. The summed E-state index contributed by atoms with van der Waals surface area (Å²) in [6.07, 6.45) is 1.48. The lowest BCUT2D eigenvalue weighted by atomic mass is 10.3. The first kappa shape index (κ1) is 15.6. The highest BCUT2D eigenvalue weighted by atomic mass is 32.2. The Morgan fingerprint density at radius 3 is 2.53 bits per heavy atom. The molecule has 1 aromatic rings. The molecule has 8 nitrogen and oxygen atoms in total. The topological polar surface area (TPSA) is 124 Å². The quantitative estimate of drug-likeness (QED) is 0.466. The molecule has 0 unspecified atom stereocenters. The number of H-pyrrole nitrogens is 2. The van der Waals surface area contributed by atoms with Crippen LogP contribution < -0.4 is 21.3 Å². The Kier molecular flexibility index (Phi) is 5.45. The zero-order valence-electron chi connectivity index (χ0n) is 10.8. The predicted octanol–water partition coefficient (Wildman–Crippen LogP) is -1.27. The van der Waals surface area contributed by atoms with Gasteiger partial charge in [0.2, 0.25) is 10.0 Å². The second kappa shape index (κ2) is 6.64. The molecule has 4 N–H and O–H groups in total. The minimum absolute atomic E-state index is 0.209. The summed E-state index contributed by atoms with van der Waals surface area (Å²) in [5, 5.41) is 3.14. The van der Waals surface area contributed by atoms with Crippen LogP contribution in [0.4, 0.5) is 0 Å². The summed E-state index contributed by atoms with van der Waals surface area (Å²) in [6, 6.07) is 0.332. The molecule has 9 heteroatoms. The Bertz CT molecular complexity index is 617. The maximum Gasteiger partial charge on any atom is 0.325 e. The summed E-state index contributed by atoms with van der Waals surface area (Å²) in [7, 11) is -3.90. The molecule has 0 saturated heterocycles. The third-order valence-electron chi connectivity index (χ3n) is 2.27. The van der Waals surface area contributed by atoms with Gasteiger partial charge in [0.1, 0.15) is 0 Å². The van der Waals surface area contributed by atoms with Gasteiger partial charge in [-0.3, -0.25) is 9.78 Å². The maximum absolute atomic E-state index is 11.8. The van der Waals surface area contributed by atoms with Crippen molar-refractivity contribution >= 4 is 10.0 Å². The lowest BCUT2D eigenvalue weighted by molar-refractivity contribution is 0.553. The predicted molar refractivity (Wildman–Crippen MR) is 70.6 cm³/mol. The minimum Gasteiger partial charge on any atom is -0.314 e. The van der Waals surface area contributed by atoms with Gasteiger partial charge in [-0.2, -0.15) is 0 Å².